The van der Waals surface area contributed by atoms with Gasteiger partial charge in [0, 0.05) is 6.04 Å². The van der Waals surface area contributed by atoms with E-state index in [1.54, 1.807) is 36.4 Å². The number of carbonyl (C=O) groups excluding carboxylic acids is 1. The maximum absolute atomic E-state index is 11.9. The molecule has 22 heavy (non-hydrogen) atoms. The predicted octanol–water partition coefficient (Wildman–Crippen LogP) is 2.61. The Morgan fingerprint density at radius 1 is 1.09 bits per heavy atom. The number of rotatable bonds is 5. The van der Waals surface area contributed by atoms with E-state index in [0.29, 0.717) is 16.7 Å². The third kappa shape index (κ3) is 3.32. The van der Waals surface area contributed by atoms with Gasteiger partial charge in [-0.1, -0.05) is 42.5 Å². The van der Waals surface area contributed by atoms with Gasteiger partial charge in [0.1, 0.15) is 0 Å². The molecule has 5 heteroatoms. The fourth-order valence-electron chi connectivity index (χ4n) is 2.37. The summed E-state index contributed by atoms with van der Waals surface area (Å²) in [4.78, 5) is 22.8. The van der Waals surface area contributed by atoms with Crippen LogP contribution in [0.25, 0.3) is 11.1 Å². The zero-order chi connectivity index (χ0) is 16.1. The van der Waals surface area contributed by atoms with Crippen molar-refractivity contribution in [2.75, 3.05) is 7.11 Å². The number of hydrogen-bond acceptors (Lipinski definition) is 4. The van der Waals surface area contributed by atoms with E-state index in [4.69, 9.17) is 15.6 Å². The van der Waals surface area contributed by atoms with E-state index in [1.807, 2.05) is 12.1 Å². The number of carbonyl (C=O) groups is 2. The molecule has 0 spiro atoms. The second-order valence-corrected chi connectivity index (χ2v) is 4.83. The minimum atomic E-state index is -0.969. The van der Waals surface area contributed by atoms with E-state index < -0.39 is 18.0 Å². The zero-order valence-electron chi connectivity index (χ0n) is 12.2. The van der Waals surface area contributed by atoms with Gasteiger partial charge in [0.2, 0.25) is 0 Å². The molecule has 0 saturated heterocycles. The molecule has 2 aromatic carbocycles. The molecule has 0 bridgehead atoms. The lowest BCUT2D eigenvalue weighted by atomic mass is 9.91. The molecule has 1 atom stereocenters. The van der Waals surface area contributed by atoms with Crippen LogP contribution in [0.3, 0.4) is 0 Å². The van der Waals surface area contributed by atoms with Crippen molar-refractivity contribution in [3.8, 4) is 11.1 Å². The number of carboxylic acids is 1. The molecule has 0 fully saturated rings. The molecule has 0 saturated carbocycles. The average molecular weight is 299 g/mol. The summed E-state index contributed by atoms with van der Waals surface area (Å²) in [6.07, 6.45) is -0.183. The molecule has 1 unspecified atom stereocenters. The molecule has 114 valence electrons. The van der Waals surface area contributed by atoms with Crippen molar-refractivity contribution in [2.45, 2.75) is 12.5 Å². The standard InChI is InChI=1S/C17H17NO4/c1-22-17(21)14-9-5-3-7-12(14)11-6-2-4-8-13(11)15(18)10-16(19)20/h2-9,15H,10,18H2,1H3,(H,19,20). The molecule has 0 aliphatic heterocycles. The molecular formula is C17H17NO4. The first-order valence-corrected chi connectivity index (χ1v) is 6.78. The number of ether oxygens (including phenoxy) is 1. The molecule has 0 aliphatic rings. The Morgan fingerprint density at radius 3 is 2.32 bits per heavy atom. The van der Waals surface area contributed by atoms with Crippen LogP contribution in [0.2, 0.25) is 0 Å². The first-order valence-electron chi connectivity index (χ1n) is 6.78. The smallest absolute Gasteiger partial charge is 0.338 e. The second-order valence-electron chi connectivity index (χ2n) is 4.83. The number of hydrogen-bond donors (Lipinski definition) is 2. The number of aliphatic carboxylic acids is 1. The molecule has 0 aromatic heterocycles. The molecule has 2 aromatic rings. The van der Waals surface area contributed by atoms with E-state index in [9.17, 15) is 9.59 Å². The summed E-state index contributed by atoms with van der Waals surface area (Å²) in [6.45, 7) is 0. The molecule has 0 heterocycles. The second kappa shape index (κ2) is 6.87. The molecule has 2 rings (SSSR count). The summed E-state index contributed by atoms with van der Waals surface area (Å²) in [7, 11) is 1.32. The van der Waals surface area contributed by atoms with Gasteiger partial charge in [-0.15, -0.1) is 0 Å². The largest absolute Gasteiger partial charge is 0.481 e. The number of benzene rings is 2. The first-order chi connectivity index (χ1) is 10.5. The molecule has 3 N–H and O–H groups in total. The Labute approximate surface area is 128 Å². The van der Waals surface area contributed by atoms with Gasteiger partial charge in [0.05, 0.1) is 19.1 Å². The van der Waals surface area contributed by atoms with Crippen LogP contribution in [0, 0.1) is 0 Å². The highest BCUT2D eigenvalue weighted by atomic mass is 16.5. The Hall–Kier alpha value is -2.66. The Balaban J connectivity index is 2.55. The highest BCUT2D eigenvalue weighted by Crippen LogP contribution is 2.31. The lowest BCUT2D eigenvalue weighted by Gasteiger charge is -2.16. The Morgan fingerprint density at radius 2 is 1.68 bits per heavy atom. The van der Waals surface area contributed by atoms with Gasteiger partial charge in [-0.05, 0) is 22.8 Å². The highest BCUT2D eigenvalue weighted by Gasteiger charge is 2.19. The predicted molar refractivity (Wildman–Crippen MR) is 82.4 cm³/mol. The van der Waals surface area contributed by atoms with Gasteiger partial charge in [-0.2, -0.15) is 0 Å². The zero-order valence-corrected chi connectivity index (χ0v) is 12.2. The van der Waals surface area contributed by atoms with Gasteiger partial charge in [0.25, 0.3) is 0 Å². The van der Waals surface area contributed by atoms with E-state index in [-0.39, 0.29) is 6.42 Å². The topological polar surface area (TPSA) is 89.6 Å². The van der Waals surface area contributed by atoms with Crippen molar-refractivity contribution in [3.63, 3.8) is 0 Å². The molecule has 0 radical (unpaired) electrons. The van der Waals surface area contributed by atoms with Crippen LogP contribution in [0.4, 0.5) is 0 Å². The average Bonchev–Trinajstić information content (AvgIpc) is 2.53. The van der Waals surface area contributed by atoms with Crippen LogP contribution in [-0.2, 0) is 9.53 Å². The van der Waals surface area contributed by atoms with E-state index in [2.05, 4.69) is 0 Å². The summed E-state index contributed by atoms with van der Waals surface area (Å²) in [5, 5.41) is 8.93. The van der Waals surface area contributed by atoms with Gasteiger partial charge in [-0.25, -0.2) is 4.79 Å². The Kier molecular flexibility index (Phi) is 4.91. The normalized spacial score (nSPS) is 11.7. The van der Waals surface area contributed by atoms with E-state index >= 15 is 0 Å². The van der Waals surface area contributed by atoms with Gasteiger partial charge < -0.3 is 15.6 Å². The van der Waals surface area contributed by atoms with Crippen molar-refractivity contribution >= 4 is 11.9 Å². The molecule has 0 amide bonds. The van der Waals surface area contributed by atoms with Crippen LogP contribution in [0.15, 0.2) is 48.5 Å². The van der Waals surface area contributed by atoms with Crippen LogP contribution in [0.1, 0.15) is 28.4 Å². The molecule has 0 aliphatic carbocycles. The fourth-order valence-corrected chi connectivity index (χ4v) is 2.37. The highest BCUT2D eigenvalue weighted by molar-refractivity contribution is 5.97. The van der Waals surface area contributed by atoms with Gasteiger partial charge >= 0.3 is 11.9 Å². The summed E-state index contributed by atoms with van der Waals surface area (Å²) in [5.74, 6) is -1.42. The first kappa shape index (κ1) is 15.7. The number of nitrogens with two attached hydrogens (primary N) is 1. The van der Waals surface area contributed by atoms with Crippen molar-refractivity contribution in [2.24, 2.45) is 5.73 Å². The molecule has 5 nitrogen and oxygen atoms in total. The molecular weight excluding hydrogens is 282 g/mol. The van der Waals surface area contributed by atoms with E-state index in [1.165, 1.54) is 7.11 Å². The maximum Gasteiger partial charge on any atom is 0.338 e. The van der Waals surface area contributed by atoms with E-state index in [0.717, 1.165) is 5.56 Å². The Bertz CT molecular complexity index is 697. The summed E-state index contributed by atoms with van der Waals surface area (Å²) >= 11 is 0. The number of esters is 1. The number of carboxylic acid groups (broad SMARTS) is 1. The minimum Gasteiger partial charge on any atom is -0.481 e. The quantitative estimate of drug-likeness (QED) is 0.828. The fraction of sp³-hybridized carbons (Fsp3) is 0.176. The minimum absolute atomic E-state index is 0.183. The van der Waals surface area contributed by atoms with Crippen LogP contribution < -0.4 is 5.73 Å². The monoisotopic (exact) mass is 299 g/mol. The van der Waals surface area contributed by atoms with Crippen molar-refractivity contribution in [1.82, 2.24) is 0 Å². The van der Waals surface area contributed by atoms with Crippen molar-refractivity contribution < 1.29 is 19.4 Å². The van der Waals surface area contributed by atoms with Crippen molar-refractivity contribution in [3.05, 3.63) is 59.7 Å². The third-order valence-electron chi connectivity index (χ3n) is 3.38. The van der Waals surface area contributed by atoms with Crippen LogP contribution >= 0.6 is 0 Å². The van der Waals surface area contributed by atoms with Gasteiger partial charge in [0.15, 0.2) is 0 Å². The summed E-state index contributed by atoms with van der Waals surface area (Å²) < 4.78 is 4.80. The van der Waals surface area contributed by atoms with Crippen LogP contribution in [0.5, 0.6) is 0 Å². The summed E-state index contributed by atoms with van der Waals surface area (Å²) in [6, 6.07) is 13.6. The van der Waals surface area contributed by atoms with Gasteiger partial charge in [-0.3, -0.25) is 4.79 Å². The van der Waals surface area contributed by atoms with Crippen molar-refractivity contribution in [1.29, 1.82) is 0 Å². The maximum atomic E-state index is 11.9. The third-order valence-corrected chi connectivity index (χ3v) is 3.38. The summed E-state index contributed by atoms with van der Waals surface area (Å²) in [5.41, 5.74) is 8.50. The lowest BCUT2D eigenvalue weighted by molar-refractivity contribution is -0.137. The SMILES string of the molecule is COC(=O)c1ccccc1-c1ccccc1C(N)CC(=O)O. The van der Waals surface area contributed by atoms with Crippen LogP contribution in [-0.4, -0.2) is 24.2 Å². The number of methoxy groups -OCH3 is 1. The lowest BCUT2D eigenvalue weighted by Crippen LogP contribution is -2.16.